The number of hydrogen-bond donors (Lipinski definition) is 2. The van der Waals surface area contributed by atoms with Crippen LogP contribution in [0.1, 0.15) is 22.5 Å². The number of aryl methyl sites for hydroxylation is 1. The molecule has 8 heteroatoms. The van der Waals surface area contributed by atoms with Gasteiger partial charge in [-0.3, -0.25) is 0 Å². The summed E-state index contributed by atoms with van der Waals surface area (Å²) in [6, 6.07) is 3.51. The fourth-order valence-corrected chi connectivity index (χ4v) is 3.37. The Labute approximate surface area is 123 Å². The van der Waals surface area contributed by atoms with Crippen LogP contribution < -0.4 is 10.5 Å². The Hall–Kier alpha value is -1.77. The number of sulfonamides is 1. The highest BCUT2D eigenvalue weighted by Crippen LogP contribution is 2.20. The minimum absolute atomic E-state index is 0.202. The molecule has 1 aromatic heterocycles. The Morgan fingerprint density at radius 3 is 2.71 bits per heavy atom. The lowest BCUT2D eigenvalue weighted by Gasteiger charge is -2.12. The van der Waals surface area contributed by atoms with Gasteiger partial charge in [-0.2, -0.15) is 4.98 Å². The van der Waals surface area contributed by atoms with Crippen molar-refractivity contribution in [1.82, 2.24) is 14.9 Å². The van der Waals surface area contributed by atoms with E-state index in [2.05, 4.69) is 19.4 Å². The van der Waals surface area contributed by atoms with Crippen molar-refractivity contribution in [2.45, 2.75) is 31.7 Å². The SMILES string of the molecule is Cc1cc(CN)cc(S(=O)(=O)NCCc2ncon2)c1C. The number of aromatic nitrogens is 2. The molecule has 0 spiro atoms. The maximum atomic E-state index is 12.4. The fraction of sp³-hybridized carbons (Fsp3) is 0.385. The van der Waals surface area contributed by atoms with Gasteiger partial charge >= 0.3 is 0 Å². The van der Waals surface area contributed by atoms with Gasteiger partial charge in [0.1, 0.15) is 0 Å². The highest BCUT2D eigenvalue weighted by atomic mass is 32.2. The molecular formula is C13H18N4O3S. The predicted octanol–water partition coefficient (Wildman–Crippen LogP) is 0.666. The summed E-state index contributed by atoms with van der Waals surface area (Å²) in [5.41, 5.74) is 8.01. The van der Waals surface area contributed by atoms with Crippen LogP contribution in [0.15, 0.2) is 27.9 Å². The topological polar surface area (TPSA) is 111 Å². The predicted molar refractivity (Wildman–Crippen MR) is 77.0 cm³/mol. The van der Waals surface area contributed by atoms with Gasteiger partial charge in [0, 0.05) is 19.5 Å². The molecular weight excluding hydrogens is 292 g/mol. The van der Waals surface area contributed by atoms with Crippen molar-refractivity contribution >= 4 is 10.0 Å². The summed E-state index contributed by atoms with van der Waals surface area (Å²) in [5, 5.41) is 3.63. The molecule has 1 aromatic carbocycles. The number of nitrogens with zero attached hydrogens (tertiary/aromatic N) is 2. The zero-order valence-corrected chi connectivity index (χ0v) is 12.8. The van der Waals surface area contributed by atoms with Crippen LogP contribution in [0.25, 0.3) is 0 Å². The standard InChI is InChI=1S/C13H18N4O3S/c1-9-5-11(7-14)6-12(10(9)2)21(18,19)16-4-3-13-15-8-20-17-13/h5-6,8,16H,3-4,7,14H2,1-2H3. The van der Waals surface area contributed by atoms with Gasteiger partial charge in [0.2, 0.25) is 16.4 Å². The zero-order valence-electron chi connectivity index (χ0n) is 12.0. The van der Waals surface area contributed by atoms with Crippen LogP contribution in [0.2, 0.25) is 0 Å². The van der Waals surface area contributed by atoms with Crippen LogP contribution in [-0.4, -0.2) is 25.1 Å². The fourth-order valence-electron chi connectivity index (χ4n) is 1.97. The molecule has 0 amide bonds. The summed E-state index contributed by atoms with van der Waals surface area (Å²) >= 11 is 0. The second-order valence-electron chi connectivity index (χ2n) is 4.74. The molecule has 0 aliphatic heterocycles. The van der Waals surface area contributed by atoms with Crippen LogP contribution in [0.4, 0.5) is 0 Å². The molecule has 0 unspecified atom stereocenters. The Morgan fingerprint density at radius 1 is 1.33 bits per heavy atom. The largest absolute Gasteiger partial charge is 0.343 e. The summed E-state index contributed by atoms with van der Waals surface area (Å²) in [7, 11) is -3.59. The minimum Gasteiger partial charge on any atom is -0.343 e. The van der Waals surface area contributed by atoms with Gasteiger partial charge in [0.15, 0.2) is 5.82 Å². The molecule has 2 aromatic rings. The Bertz CT molecular complexity index is 711. The Morgan fingerprint density at radius 2 is 2.10 bits per heavy atom. The molecule has 0 saturated heterocycles. The third-order valence-electron chi connectivity index (χ3n) is 3.25. The van der Waals surface area contributed by atoms with Crippen LogP contribution in [0.5, 0.6) is 0 Å². The molecule has 1 heterocycles. The monoisotopic (exact) mass is 310 g/mol. The molecule has 0 aliphatic carbocycles. The Balaban J connectivity index is 2.17. The van der Waals surface area contributed by atoms with Crippen molar-refractivity contribution in [3.05, 3.63) is 41.0 Å². The molecule has 21 heavy (non-hydrogen) atoms. The number of hydrogen-bond acceptors (Lipinski definition) is 6. The molecule has 0 bridgehead atoms. The lowest BCUT2D eigenvalue weighted by molar-refractivity contribution is 0.410. The summed E-state index contributed by atoms with van der Waals surface area (Å²) in [6.07, 6.45) is 1.58. The average molecular weight is 310 g/mol. The van der Waals surface area contributed by atoms with Crippen molar-refractivity contribution in [2.24, 2.45) is 5.73 Å². The van der Waals surface area contributed by atoms with Crippen molar-refractivity contribution in [1.29, 1.82) is 0 Å². The lowest BCUT2D eigenvalue weighted by atomic mass is 10.1. The molecule has 7 nitrogen and oxygen atoms in total. The van der Waals surface area contributed by atoms with Gasteiger partial charge in [-0.1, -0.05) is 11.2 Å². The van der Waals surface area contributed by atoms with E-state index in [1.165, 1.54) is 6.39 Å². The number of benzene rings is 1. The van der Waals surface area contributed by atoms with Crippen LogP contribution in [0.3, 0.4) is 0 Å². The van der Waals surface area contributed by atoms with Gasteiger partial charge in [0.25, 0.3) is 0 Å². The summed E-state index contributed by atoms with van der Waals surface area (Å²) in [5.74, 6) is 0.460. The smallest absolute Gasteiger partial charge is 0.240 e. The van der Waals surface area contributed by atoms with Crippen LogP contribution in [0, 0.1) is 13.8 Å². The first-order valence-electron chi connectivity index (χ1n) is 6.49. The van der Waals surface area contributed by atoms with Crippen molar-refractivity contribution in [3.8, 4) is 0 Å². The van der Waals surface area contributed by atoms with E-state index in [1.807, 2.05) is 13.0 Å². The molecule has 2 rings (SSSR count). The second-order valence-corrected chi connectivity index (χ2v) is 6.47. The molecule has 114 valence electrons. The highest BCUT2D eigenvalue weighted by molar-refractivity contribution is 7.89. The van der Waals surface area contributed by atoms with E-state index in [0.29, 0.717) is 18.8 Å². The summed E-state index contributed by atoms with van der Waals surface area (Å²) in [4.78, 5) is 4.10. The lowest BCUT2D eigenvalue weighted by Crippen LogP contribution is -2.27. The van der Waals surface area contributed by atoms with E-state index in [0.717, 1.165) is 16.7 Å². The minimum atomic E-state index is -3.59. The van der Waals surface area contributed by atoms with Gasteiger partial charge in [-0.15, -0.1) is 0 Å². The number of nitrogens with two attached hydrogens (primary N) is 1. The molecule has 3 N–H and O–H groups in total. The van der Waals surface area contributed by atoms with Gasteiger partial charge < -0.3 is 10.3 Å². The molecule has 0 saturated carbocycles. The summed E-state index contributed by atoms with van der Waals surface area (Å²) < 4.78 is 31.9. The highest BCUT2D eigenvalue weighted by Gasteiger charge is 2.18. The van der Waals surface area contributed by atoms with Crippen LogP contribution in [-0.2, 0) is 23.0 Å². The molecule has 0 fully saturated rings. The number of rotatable bonds is 6. The van der Waals surface area contributed by atoms with Crippen LogP contribution >= 0.6 is 0 Å². The average Bonchev–Trinajstić information content (AvgIpc) is 2.94. The maximum absolute atomic E-state index is 12.4. The van der Waals surface area contributed by atoms with Gasteiger partial charge in [-0.25, -0.2) is 13.1 Å². The van der Waals surface area contributed by atoms with E-state index < -0.39 is 10.0 Å². The Kier molecular flexibility index (Phi) is 4.71. The van der Waals surface area contributed by atoms with E-state index in [-0.39, 0.29) is 11.4 Å². The van der Waals surface area contributed by atoms with E-state index in [9.17, 15) is 8.42 Å². The number of nitrogens with one attached hydrogen (secondary N) is 1. The van der Waals surface area contributed by atoms with Crippen molar-refractivity contribution < 1.29 is 12.9 Å². The van der Waals surface area contributed by atoms with Gasteiger partial charge in [0.05, 0.1) is 4.90 Å². The zero-order chi connectivity index (χ0) is 15.5. The molecule has 0 radical (unpaired) electrons. The second kappa shape index (κ2) is 6.33. The third-order valence-corrected chi connectivity index (χ3v) is 4.84. The first-order valence-corrected chi connectivity index (χ1v) is 7.97. The molecule has 0 atom stereocenters. The van der Waals surface area contributed by atoms with Crippen molar-refractivity contribution in [3.63, 3.8) is 0 Å². The normalized spacial score (nSPS) is 11.8. The van der Waals surface area contributed by atoms with E-state index in [1.54, 1.807) is 13.0 Å². The van der Waals surface area contributed by atoms with Gasteiger partial charge in [-0.05, 0) is 36.6 Å². The summed E-state index contributed by atoms with van der Waals surface area (Å²) in [6.45, 7) is 4.15. The first kappa shape index (κ1) is 15.6. The third kappa shape index (κ3) is 3.66. The quantitative estimate of drug-likeness (QED) is 0.811. The van der Waals surface area contributed by atoms with Crippen molar-refractivity contribution in [2.75, 3.05) is 6.54 Å². The first-order chi connectivity index (χ1) is 9.94. The van der Waals surface area contributed by atoms with E-state index in [4.69, 9.17) is 5.73 Å². The maximum Gasteiger partial charge on any atom is 0.240 e. The molecule has 0 aliphatic rings. The van der Waals surface area contributed by atoms with E-state index >= 15 is 0 Å².